The highest BCUT2D eigenvalue weighted by molar-refractivity contribution is 5.65. The zero-order valence-electron chi connectivity index (χ0n) is 10.7. The van der Waals surface area contributed by atoms with Gasteiger partial charge < -0.3 is 10.0 Å². The van der Waals surface area contributed by atoms with E-state index in [0.29, 0.717) is 17.2 Å². The Bertz CT molecular complexity index is 460. The van der Waals surface area contributed by atoms with Crippen molar-refractivity contribution in [3.05, 3.63) is 33.9 Å². The largest absolute Gasteiger partial charge is 0.389 e. The minimum atomic E-state index is -0.685. The first-order valence-corrected chi connectivity index (χ1v) is 6.20. The van der Waals surface area contributed by atoms with Gasteiger partial charge in [0.1, 0.15) is 5.69 Å². The maximum Gasteiger partial charge on any atom is 0.292 e. The van der Waals surface area contributed by atoms with Gasteiger partial charge in [0, 0.05) is 19.2 Å². The van der Waals surface area contributed by atoms with Gasteiger partial charge in [-0.2, -0.15) is 0 Å². The van der Waals surface area contributed by atoms with Crippen molar-refractivity contribution in [3.63, 3.8) is 0 Å². The topological polar surface area (TPSA) is 66.6 Å². The van der Waals surface area contributed by atoms with Crippen molar-refractivity contribution >= 4 is 11.4 Å². The lowest BCUT2D eigenvalue weighted by atomic mass is 10.1. The Morgan fingerprint density at radius 1 is 1.56 bits per heavy atom. The molecule has 1 aromatic carbocycles. The number of nitro groups is 1. The summed E-state index contributed by atoms with van der Waals surface area (Å²) in [6.45, 7) is 5.47. The lowest BCUT2D eigenvalue weighted by molar-refractivity contribution is -0.384. The fraction of sp³-hybridized carbons (Fsp3) is 0.538. The molecule has 98 valence electrons. The van der Waals surface area contributed by atoms with Crippen LogP contribution >= 0.6 is 0 Å². The summed E-state index contributed by atoms with van der Waals surface area (Å²) in [7, 11) is 0. The maximum absolute atomic E-state index is 11.1. The van der Waals surface area contributed by atoms with Crippen LogP contribution in [0.3, 0.4) is 0 Å². The molecular formula is C13H18N2O3. The van der Waals surface area contributed by atoms with Crippen molar-refractivity contribution in [2.45, 2.75) is 26.4 Å². The summed E-state index contributed by atoms with van der Waals surface area (Å²) in [6, 6.07) is 4.98. The summed E-state index contributed by atoms with van der Waals surface area (Å²) in [5.41, 5.74) is 1.33. The highest BCUT2D eigenvalue weighted by Crippen LogP contribution is 2.34. The quantitative estimate of drug-likeness (QED) is 0.661. The summed E-state index contributed by atoms with van der Waals surface area (Å²) < 4.78 is 0. The Balaban J connectivity index is 2.38. The molecule has 0 spiro atoms. The van der Waals surface area contributed by atoms with Crippen LogP contribution in [0.5, 0.6) is 0 Å². The van der Waals surface area contributed by atoms with Gasteiger partial charge in [0.2, 0.25) is 0 Å². The molecule has 1 aliphatic rings. The van der Waals surface area contributed by atoms with Crippen LogP contribution in [0.25, 0.3) is 0 Å². The van der Waals surface area contributed by atoms with Crippen molar-refractivity contribution < 1.29 is 10.0 Å². The smallest absolute Gasteiger partial charge is 0.292 e. The molecule has 0 saturated carbocycles. The zero-order chi connectivity index (χ0) is 13.3. The number of benzene rings is 1. The first-order valence-electron chi connectivity index (χ1n) is 6.20. The van der Waals surface area contributed by atoms with Crippen LogP contribution in [0.2, 0.25) is 0 Å². The van der Waals surface area contributed by atoms with Crippen molar-refractivity contribution in [1.82, 2.24) is 0 Å². The van der Waals surface area contributed by atoms with Gasteiger partial charge in [0.15, 0.2) is 0 Å². The van der Waals surface area contributed by atoms with E-state index in [1.54, 1.807) is 19.1 Å². The molecule has 1 N–H and O–H groups in total. The number of nitro benzene ring substituents is 1. The highest BCUT2D eigenvalue weighted by Gasteiger charge is 2.26. The Labute approximate surface area is 106 Å². The molecule has 5 heteroatoms. The van der Waals surface area contributed by atoms with Gasteiger partial charge in [-0.05, 0) is 30.9 Å². The lowest BCUT2D eigenvalue weighted by Gasteiger charge is -2.19. The molecule has 2 unspecified atom stereocenters. The van der Waals surface area contributed by atoms with Crippen LogP contribution in [0, 0.1) is 16.0 Å². The van der Waals surface area contributed by atoms with Crippen molar-refractivity contribution in [1.29, 1.82) is 0 Å². The van der Waals surface area contributed by atoms with E-state index in [4.69, 9.17) is 0 Å². The first-order chi connectivity index (χ1) is 8.49. The van der Waals surface area contributed by atoms with Crippen LogP contribution in [0.1, 0.15) is 31.9 Å². The average Bonchev–Trinajstić information content (AvgIpc) is 2.74. The van der Waals surface area contributed by atoms with E-state index in [9.17, 15) is 15.2 Å². The van der Waals surface area contributed by atoms with Gasteiger partial charge in [-0.1, -0.05) is 13.0 Å². The zero-order valence-corrected chi connectivity index (χ0v) is 10.7. The normalized spacial score (nSPS) is 21.1. The van der Waals surface area contributed by atoms with E-state index < -0.39 is 6.10 Å². The summed E-state index contributed by atoms with van der Waals surface area (Å²) in [5.74, 6) is 0.570. The number of aliphatic hydroxyl groups excluding tert-OH is 1. The van der Waals surface area contributed by atoms with Crippen molar-refractivity contribution in [2.75, 3.05) is 18.0 Å². The molecule has 18 heavy (non-hydrogen) atoms. The number of anilines is 1. The molecule has 1 fully saturated rings. The van der Waals surface area contributed by atoms with Gasteiger partial charge in [0.05, 0.1) is 11.0 Å². The molecule has 1 saturated heterocycles. The third-order valence-electron chi connectivity index (χ3n) is 3.44. The monoisotopic (exact) mass is 250 g/mol. The Morgan fingerprint density at radius 3 is 2.78 bits per heavy atom. The molecule has 0 aromatic heterocycles. The van der Waals surface area contributed by atoms with E-state index in [1.807, 2.05) is 0 Å². The Kier molecular flexibility index (Phi) is 3.52. The van der Waals surface area contributed by atoms with Crippen LogP contribution in [-0.4, -0.2) is 23.1 Å². The van der Waals surface area contributed by atoms with Gasteiger partial charge >= 0.3 is 0 Å². The standard InChI is InChI=1S/C13H18N2O3/c1-9-5-6-14(8-9)12-4-3-11(10(2)16)7-13(12)15(17)18/h3-4,7,9-10,16H,5-6,8H2,1-2H3. The van der Waals surface area contributed by atoms with E-state index in [2.05, 4.69) is 11.8 Å². The molecule has 1 heterocycles. The van der Waals surface area contributed by atoms with Crippen LogP contribution < -0.4 is 4.90 Å². The first kappa shape index (κ1) is 12.8. The van der Waals surface area contributed by atoms with Crippen LogP contribution in [0.4, 0.5) is 11.4 Å². The molecule has 0 aliphatic carbocycles. The number of hydrogen-bond donors (Lipinski definition) is 1. The number of aliphatic hydroxyl groups is 1. The molecule has 2 atom stereocenters. The number of hydrogen-bond acceptors (Lipinski definition) is 4. The third kappa shape index (κ3) is 2.46. The highest BCUT2D eigenvalue weighted by atomic mass is 16.6. The molecule has 0 amide bonds. The Hall–Kier alpha value is -1.62. The lowest BCUT2D eigenvalue weighted by Crippen LogP contribution is -2.20. The molecule has 0 bridgehead atoms. The van der Waals surface area contributed by atoms with Gasteiger partial charge in [-0.15, -0.1) is 0 Å². The van der Waals surface area contributed by atoms with Crippen molar-refractivity contribution in [2.24, 2.45) is 5.92 Å². The number of nitrogens with zero attached hydrogens (tertiary/aromatic N) is 2. The van der Waals surface area contributed by atoms with Gasteiger partial charge in [0.25, 0.3) is 5.69 Å². The SMILES string of the molecule is CC1CCN(c2ccc(C(C)O)cc2[N+](=O)[O-])C1. The maximum atomic E-state index is 11.1. The van der Waals surface area contributed by atoms with E-state index in [0.717, 1.165) is 19.5 Å². The van der Waals surface area contributed by atoms with E-state index in [-0.39, 0.29) is 10.6 Å². The fourth-order valence-corrected chi connectivity index (χ4v) is 2.37. The van der Waals surface area contributed by atoms with Crippen LogP contribution in [0.15, 0.2) is 18.2 Å². The second kappa shape index (κ2) is 4.94. The summed E-state index contributed by atoms with van der Waals surface area (Å²) in [5, 5.41) is 20.6. The average molecular weight is 250 g/mol. The molecule has 2 rings (SSSR count). The predicted octanol–water partition coefficient (Wildman–Crippen LogP) is 2.49. The van der Waals surface area contributed by atoms with Crippen molar-refractivity contribution in [3.8, 4) is 0 Å². The molecule has 0 radical (unpaired) electrons. The predicted molar refractivity (Wildman–Crippen MR) is 69.7 cm³/mol. The Morgan fingerprint density at radius 2 is 2.28 bits per heavy atom. The minimum absolute atomic E-state index is 0.0856. The summed E-state index contributed by atoms with van der Waals surface area (Å²) in [4.78, 5) is 12.8. The molecule has 1 aromatic rings. The molecule has 1 aliphatic heterocycles. The second-order valence-corrected chi connectivity index (χ2v) is 5.02. The minimum Gasteiger partial charge on any atom is -0.389 e. The van der Waals surface area contributed by atoms with Crippen LogP contribution in [-0.2, 0) is 0 Å². The molecule has 5 nitrogen and oxygen atoms in total. The van der Waals surface area contributed by atoms with Gasteiger partial charge in [-0.25, -0.2) is 0 Å². The number of rotatable bonds is 3. The molecular weight excluding hydrogens is 232 g/mol. The van der Waals surface area contributed by atoms with Gasteiger partial charge in [-0.3, -0.25) is 10.1 Å². The third-order valence-corrected chi connectivity index (χ3v) is 3.44. The fourth-order valence-electron chi connectivity index (χ4n) is 2.37. The van der Waals surface area contributed by atoms with E-state index >= 15 is 0 Å². The summed E-state index contributed by atoms with van der Waals surface area (Å²) in [6.07, 6.45) is 0.380. The summed E-state index contributed by atoms with van der Waals surface area (Å²) >= 11 is 0. The van der Waals surface area contributed by atoms with E-state index in [1.165, 1.54) is 6.07 Å². The second-order valence-electron chi connectivity index (χ2n) is 5.02.